The summed E-state index contributed by atoms with van der Waals surface area (Å²) in [5.74, 6) is 2.74. The minimum atomic E-state index is -0.297. The molecule has 1 aromatic rings. The second-order valence-corrected chi connectivity index (χ2v) is 6.44. The van der Waals surface area contributed by atoms with Crippen LogP contribution in [0.5, 0.6) is 0 Å². The molecule has 20 heavy (non-hydrogen) atoms. The summed E-state index contributed by atoms with van der Waals surface area (Å²) >= 11 is 0. The Morgan fingerprint density at radius 3 is 2.85 bits per heavy atom. The van der Waals surface area contributed by atoms with Crippen molar-refractivity contribution in [2.24, 2.45) is 17.8 Å². The van der Waals surface area contributed by atoms with Gasteiger partial charge in [-0.3, -0.25) is 10.1 Å². The fourth-order valence-electron chi connectivity index (χ4n) is 3.99. The van der Waals surface area contributed by atoms with Gasteiger partial charge < -0.3 is 5.32 Å². The van der Waals surface area contributed by atoms with Gasteiger partial charge in [0, 0.05) is 18.2 Å². The van der Waals surface area contributed by atoms with Crippen LogP contribution in [0.1, 0.15) is 36.8 Å². The maximum Gasteiger partial charge on any atom is 0.272 e. The highest BCUT2D eigenvalue weighted by Gasteiger charge is 2.38. The van der Waals surface area contributed by atoms with E-state index in [9.17, 15) is 10.1 Å². The maximum atomic E-state index is 10.9. The Morgan fingerprint density at radius 1 is 1.35 bits per heavy atom. The van der Waals surface area contributed by atoms with E-state index < -0.39 is 0 Å². The van der Waals surface area contributed by atoms with Crippen molar-refractivity contribution in [2.45, 2.75) is 39.2 Å². The molecule has 0 saturated heterocycles. The second kappa shape index (κ2) is 5.52. The number of nitro benzene ring substituents is 1. The molecule has 108 valence electrons. The van der Waals surface area contributed by atoms with Crippen LogP contribution in [-0.4, -0.2) is 11.5 Å². The van der Waals surface area contributed by atoms with Crippen molar-refractivity contribution < 1.29 is 4.92 Å². The molecule has 0 aliphatic heterocycles. The van der Waals surface area contributed by atoms with Gasteiger partial charge in [0.05, 0.1) is 4.92 Å². The van der Waals surface area contributed by atoms with E-state index in [0.717, 1.165) is 42.0 Å². The van der Waals surface area contributed by atoms with Crippen LogP contribution in [0.15, 0.2) is 18.2 Å². The zero-order chi connectivity index (χ0) is 14.1. The Balaban J connectivity index is 1.53. The van der Waals surface area contributed by atoms with Gasteiger partial charge in [-0.05, 0) is 56.0 Å². The smallest absolute Gasteiger partial charge is 0.272 e. The number of benzene rings is 1. The lowest BCUT2D eigenvalue weighted by molar-refractivity contribution is -0.385. The molecule has 3 rings (SSSR count). The standard InChI is InChI=1S/C16H22N2O2/c1-11-2-3-13(8-16(11)18(19)20)9-17-10-15-7-12-4-5-14(15)6-12/h2-3,8,12,14-15,17H,4-7,9-10H2,1H3. The van der Waals surface area contributed by atoms with Crippen LogP contribution in [-0.2, 0) is 6.54 Å². The molecule has 0 radical (unpaired) electrons. The first-order chi connectivity index (χ1) is 9.63. The van der Waals surface area contributed by atoms with E-state index >= 15 is 0 Å². The summed E-state index contributed by atoms with van der Waals surface area (Å²) in [6.45, 7) is 3.57. The summed E-state index contributed by atoms with van der Waals surface area (Å²) in [5, 5.41) is 14.4. The monoisotopic (exact) mass is 274 g/mol. The number of aryl methyl sites for hydroxylation is 1. The topological polar surface area (TPSA) is 55.2 Å². The van der Waals surface area contributed by atoms with E-state index in [4.69, 9.17) is 0 Å². The highest BCUT2D eigenvalue weighted by atomic mass is 16.6. The summed E-state index contributed by atoms with van der Waals surface area (Å²) in [6, 6.07) is 5.52. The van der Waals surface area contributed by atoms with Crippen LogP contribution in [0.2, 0.25) is 0 Å². The van der Waals surface area contributed by atoms with Gasteiger partial charge in [-0.15, -0.1) is 0 Å². The summed E-state index contributed by atoms with van der Waals surface area (Å²) in [5.41, 5.74) is 1.96. The molecule has 2 aliphatic carbocycles. The average molecular weight is 274 g/mol. The van der Waals surface area contributed by atoms with Crippen molar-refractivity contribution >= 4 is 5.69 Å². The van der Waals surface area contributed by atoms with Crippen LogP contribution < -0.4 is 5.32 Å². The van der Waals surface area contributed by atoms with Crippen LogP contribution in [0.25, 0.3) is 0 Å². The van der Waals surface area contributed by atoms with Gasteiger partial charge in [-0.1, -0.05) is 18.6 Å². The van der Waals surface area contributed by atoms with Gasteiger partial charge in [0.1, 0.15) is 0 Å². The van der Waals surface area contributed by atoms with Crippen LogP contribution in [0.3, 0.4) is 0 Å². The van der Waals surface area contributed by atoms with E-state index in [0.29, 0.717) is 0 Å². The van der Waals surface area contributed by atoms with E-state index in [1.165, 1.54) is 25.7 Å². The lowest BCUT2D eigenvalue weighted by Crippen LogP contribution is -2.26. The fourth-order valence-corrected chi connectivity index (χ4v) is 3.99. The van der Waals surface area contributed by atoms with Gasteiger partial charge in [0.2, 0.25) is 0 Å². The number of nitro groups is 1. The predicted molar refractivity (Wildman–Crippen MR) is 78.5 cm³/mol. The molecule has 4 nitrogen and oxygen atoms in total. The SMILES string of the molecule is Cc1ccc(CNCC2CC3CCC2C3)cc1[N+](=O)[O-]. The molecule has 2 fully saturated rings. The number of nitrogens with zero attached hydrogens (tertiary/aromatic N) is 1. The molecule has 0 aromatic heterocycles. The third kappa shape index (κ3) is 2.70. The van der Waals surface area contributed by atoms with Crippen LogP contribution in [0, 0.1) is 34.8 Å². The molecule has 3 atom stereocenters. The van der Waals surface area contributed by atoms with Crippen molar-refractivity contribution in [1.29, 1.82) is 0 Å². The van der Waals surface area contributed by atoms with Crippen molar-refractivity contribution in [2.75, 3.05) is 6.54 Å². The number of hydrogen-bond donors (Lipinski definition) is 1. The first kappa shape index (κ1) is 13.6. The minimum absolute atomic E-state index is 0.226. The first-order valence-electron chi connectivity index (χ1n) is 7.58. The summed E-state index contributed by atoms with van der Waals surface area (Å²) < 4.78 is 0. The minimum Gasteiger partial charge on any atom is -0.312 e. The van der Waals surface area contributed by atoms with Crippen molar-refractivity contribution in [3.8, 4) is 0 Å². The summed E-state index contributed by atoms with van der Waals surface area (Å²) in [7, 11) is 0. The molecule has 2 saturated carbocycles. The summed E-state index contributed by atoms with van der Waals surface area (Å²) in [6.07, 6.45) is 5.66. The van der Waals surface area contributed by atoms with Crippen molar-refractivity contribution in [3.63, 3.8) is 0 Å². The van der Waals surface area contributed by atoms with E-state index in [-0.39, 0.29) is 10.6 Å². The van der Waals surface area contributed by atoms with Crippen molar-refractivity contribution in [3.05, 3.63) is 39.4 Å². The van der Waals surface area contributed by atoms with E-state index in [1.807, 2.05) is 12.1 Å². The summed E-state index contributed by atoms with van der Waals surface area (Å²) in [4.78, 5) is 10.6. The Morgan fingerprint density at radius 2 is 2.20 bits per heavy atom. The molecule has 1 aromatic carbocycles. The maximum absolute atomic E-state index is 10.9. The Labute approximate surface area is 119 Å². The quantitative estimate of drug-likeness (QED) is 0.661. The molecule has 4 heteroatoms. The lowest BCUT2D eigenvalue weighted by atomic mass is 9.89. The van der Waals surface area contributed by atoms with Crippen LogP contribution >= 0.6 is 0 Å². The number of nitrogens with one attached hydrogen (secondary N) is 1. The zero-order valence-electron chi connectivity index (χ0n) is 12.0. The molecule has 2 bridgehead atoms. The highest BCUT2D eigenvalue weighted by molar-refractivity contribution is 5.42. The van der Waals surface area contributed by atoms with Gasteiger partial charge in [-0.25, -0.2) is 0 Å². The molecular formula is C16H22N2O2. The van der Waals surface area contributed by atoms with Gasteiger partial charge in [0.15, 0.2) is 0 Å². The van der Waals surface area contributed by atoms with Crippen molar-refractivity contribution in [1.82, 2.24) is 5.32 Å². The van der Waals surface area contributed by atoms with Gasteiger partial charge >= 0.3 is 0 Å². The molecule has 1 N–H and O–H groups in total. The highest BCUT2D eigenvalue weighted by Crippen LogP contribution is 2.47. The predicted octanol–water partition coefficient (Wildman–Crippen LogP) is 3.43. The number of hydrogen-bond acceptors (Lipinski definition) is 3. The van der Waals surface area contributed by atoms with E-state index in [1.54, 1.807) is 13.0 Å². The number of rotatable bonds is 5. The van der Waals surface area contributed by atoms with E-state index in [2.05, 4.69) is 5.32 Å². The molecular weight excluding hydrogens is 252 g/mol. The Bertz CT molecular complexity index is 515. The van der Waals surface area contributed by atoms with Gasteiger partial charge in [0.25, 0.3) is 5.69 Å². The lowest BCUT2D eigenvalue weighted by Gasteiger charge is -2.21. The second-order valence-electron chi connectivity index (χ2n) is 6.44. The average Bonchev–Trinajstić information content (AvgIpc) is 3.02. The Kier molecular flexibility index (Phi) is 3.74. The molecule has 0 spiro atoms. The zero-order valence-corrected chi connectivity index (χ0v) is 12.0. The third-order valence-corrected chi connectivity index (χ3v) is 5.09. The number of fused-ring (bicyclic) bond motifs is 2. The fraction of sp³-hybridized carbons (Fsp3) is 0.625. The molecule has 3 unspecified atom stereocenters. The van der Waals surface area contributed by atoms with Crippen LogP contribution in [0.4, 0.5) is 5.69 Å². The molecule has 0 amide bonds. The molecule has 0 heterocycles. The third-order valence-electron chi connectivity index (χ3n) is 5.09. The largest absolute Gasteiger partial charge is 0.312 e. The molecule has 2 aliphatic rings. The first-order valence-corrected chi connectivity index (χ1v) is 7.58. The van der Waals surface area contributed by atoms with Gasteiger partial charge in [-0.2, -0.15) is 0 Å². The Hall–Kier alpha value is -1.42. The normalized spacial score (nSPS) is 27.9.